The highest BCUT2D eigenvalue weighted by Crippen LogP contribution is 2.28. The fourth-order valence-corrected chi connectivity index (χ4v) is 4.54. The van der Waals surface area contributed by atoms with Crippen LogP contribution in [0.25, 0.3) is 50.1 Å². The van der Waals surface area contributed by atoms with Crippen LogP contribution in [0, 0.1) is 51.9 Å². The summed E-state index contributed by atoms with van der Waals surface area (Å²) in [5, 5.41) is 39.1. The van der Waals surface area contributed by atoms with Gasteiger partial charge in [-0.25, -0.2) is 35.0 Å². The number of benzene rings is 3. The van der Waals surface area contributed by atoms with Crippen molar-refractivity contribution in [2.45, 2.75) is 0 Å². The third-order valence-corrected chi connectivity index (χ3v) is 6.61. The SMILES string of the molecule is [C-]#[N+]/C(C#N)=C1\N=c2ccc(-c3nc(-c4ccc(-c5cccnc5)cc4)nc(-c4cc(C#N)cc(C#N)c4)n3)c(C#N)c2=N1. The van der Waals surface area contributed by atoms with Gasteiger partial charge < -0.3 is 0 Å². The summed E-state index contributed by atoms with van der Waals surface area (Å²) in [4.78, 5) is 29.9. The Balaban J connectivity index is 1.58. The third-order valence-electron chi connectivity index (χ3n) is 6.61. The van der Waals surface area contributed by atoms with Gasteiger partial charge in [0.2, 0.25) is 0 Å². The highest BCUT2D eigenvalue weighted by molar-refractivity contribution is 5.72. The smallest absolute Gasteiger partial charge is 0.264 e. The number of allylic oxidation sites excluding steroid dienone is 1. The Morgan fingerprint density at radius 2 is 1.36 bits per heavy atom. The first-order valence-electron chi connectivity index (χ1n) is 12.8. The second-order valence-corrected chi connectivity index (χ2v) is 9.24. The lowest BCUT2D eigenvalue weighted by Gasteiger charge is -2.10. The molecule has 3 aromatic carbocycles. The molecule has 0 amide bonds. The Morgan fingerprint density at radius 3 is 1.98 bits per heavy atom. The van der Waals surface area contributed by atoms with Crippen molar-refractivity contribution in [2.75, 3.05) is 0 Å². The van der Waals surface area contributed by atoms with Gasteiger partial charge in [0.25, 0.3) is 0 Å². The van der Waals surface area contributed by atoms with E-state index in [9.17, 15) is 21.0 Å². The summed E-state index contributed by atoms with van der Waals surface area (Å²) in [6, 6.07) is 27.2. The number of pyridine rings is 1. The zero-order valence-electron chi connectivity index (χ0n) is 22.4. The molecule has 44 heavy (non-hydrogen) atoms. The fourth-order valence-electron chi connectivity index (χ4n) is 4.54. The maximum absolute atomic E-state index is 10.2. The van der Waals surface area contributed by atoms with E-state index in [0.29, 0.717) is 22.0 Å². The predicted octanol–water partition coefficient (Wildman–Crippen LogP) is 4.41. The number of aromatic nitrogens is 4. The Bertz CT molecular complexity index is 2330. The van der Waals surface area contributed by atoms with Crippen molar-refractivity contribution in [3.05, 3.63) is 129 Å². The van der Waals surface area contributed by atoms with E-state index in [4.69, 9.17) is 11.6 Å². The summed E-state index contributed by atoms with van der Waals surface area (Å²) in [6.45, 7) is 7.23. The molecule has 0 N–H and O–H groups in total. The van der Waals surface area contributed by atoms with Gasteiger partial charge in [-0.1, -0.05) is 30.3 Å². The molecule has 0 saturated heterocycles. The minimum Gasteiger partial charge on any atom is -0.264 e. The average molecular weight is 564 g/mol. The van der Waals surface area contributed by atoms with Crippen LogP contribution in [0.1, 0.15) is 16.7 Å². The largest absolute Gasteiger partial charge is 0.305 e. The van der Waals surface area contributed by atoms with Crippen molar-refractivity contribution in [3.63, 3.8) is 0 Å². The minimum atomic E-state index is -0.295. The Morgan fingerprint density at radius 1 is 0.682 bits per heavy atom. The number of rotatable bonds is 4. The molecule has 0 radical (unpaired) electrons. The lowest BCUT2D eigenvalue weighted by molar-refractivity contribution is 1.07. The molecule has 0 unspecified atom stereocenters. The van der Waals surface area contributed by atoms with E-state index in [1.165, 1.54) is 6.07 Å². The molecule has 2 aromatic heterocycles. The van der Waals surface area contributed by atoms with E-state index in [1.807, 2.05) is 36.4 Å². The molecular weight excluding hydrogens is 550 g/mol. The van der Waals surface area contributed by atoms with Crippen LogP contribution in [-0.4, -0.2) is 19.9 Å². The average Bonchev–Trinajstić information content (AvgIpc) is 3.52. The van der Waals surface area contributed by atoms with Crippen molar-refractivity contribution in [3.8, 4) is 69.6 Å². The van der Waals surface area contributed by atoms with Gasteiger partial charge in [0.05, 0.1) is 46.8 Å². The van der Waals surface area contributed by atoms with Crippen LogP contribution < -0.4 is 10.7 Å². The zero-order valence-corrected chi connectivity index (χ0v) is 22.4. The number of hydrogen-bond acceptors (Lipinski definition) is 10. The third kappa shape index (κ3) is 4.87. The number of hydrogen-bond donors (Lipinski definition) is 0. The van der Waals surface area contributed by atoms with Gasteiger partial charge in [-0.05, 0) is 47.5 Å². The molecular formula is C33H13N11. The van der Waals surface area contributed by atoms with E-state index in [1.54, 1.807) is 42.7 Å². The van der Waals surface area contributed by atoms with Gasteiger partial charge in [0, 0.05) is 29.1 Å². The molecule has 0 spiro atoms. The molecule has 6 rings (SSSR count). The number of nitrogens with zero attached hydrogens (tertiary/aromatic N) is 11. The van der Waals surface area contributed by atoms with Crippen LogP contribution in [-0.2, 0) is 0 Å². The predicted molar refractivity (Wildman–Crippen MR) is 155 cm³/mol. The van der Waals surface area contributed by atoms with E-state index in [2.05, 4.69) is 48.0 Å². The topological polar surface area (TPSA) is 176 Å². The van der Waals surface area contributed by atoms with Crippen molar-refractivity contribution < 1.29 is 0 Å². The van der Waals surface area contributed by atoms with Gasteiger partial charge in [0.15, 0.2) is 23.3 Å². The van der Waals surface area contributed by atoms with Gasteiger partial charge in [-0.15, -0.1) is 0 Å². The summed E-state index contributed by atoms with van der Waals surface area (Å²) in [5.74, 6) is 0.533. The Labute approximate surface area is 249 Å². The zero-order chi connectivity index (χ0) is 30.6. The van der Waals surface area contributed by atoms with Crippen molar-refractivity contribution in [1.29, 1.82) is 21.0 Å². The van der Waals surface area contributed by atoms with E-state index in [-0.39, 0.29) is 51.0 Å². The maximum atomic E-state index is 10.2. The highest BCUT2D eigenvalue weighted by atomic mass is 15.0. The van der Waals surface area contributed by atoms with Crippen LogP contribution in [0.3, 0.4) is 0 Å². The quantitative estimate of drug-likeness (QED) is 0.228. The van der Waals surface area contributed by atoms with E-state index in [0.717, 1.165) is 11.1 Å². The molecule has 1 aliphatic rings. The Kier molecular flexibility index (Phi) is 6.85. The van der Waals surface area contributed by atoms with Gasteiger partial charge in [0.1, 0.15) is 11.4 Å². The molecule has 3 heterocycles. The molecule has 0 saturated carbocycles. The molecule has 0 aliphatic carbocycles. The molecule has 11 heteroatoms. The minimum absolute atomic E-state index is 0.0748. The second kappa shape index (κ2) is 11.2. The molecule has 200 valence electrons. The first-order chi connectivity index (χ1) is 21.5. The first-order valence-corrected chi connectivity index (χ1v) is 12.8. The van der Waals surface area contributed by atoms with E-state index < -0.39 is 0 Å². The number of fused-ring (bicyclic) bond motifs is 1. The molecule has 0 fully saturated rings. The fraction of sp³-hybridized carbons (Fsp3) is 0. The lowest BCUT2D eigenvalue weighted by Crippen LogP contribution is -2.25. The molecule has 1 aliphatic heterocycles. The molecule has 5 aromatic rings. The summed E-state index contributed by atoms with van der Waals surface area (Å²) < 4.78 is 0. The van der Waals surface area contributed by atoms with Gasteiger partial charge >= 0.3 is 5.70 Å². The van der Waals surface area contributed by atoms with Crippen molar-refractivity contribution in [2.24, 2.45) is 9.98 Å². The van der Waals surface area contributed by atoms with Crippen LogP contribution in [0.2, 0.25) is 0 Å². The molecule has 11 nitrogen and oxygen atoms in total. The van der Waals surface area contributed by atoms with Crippen LogP contribution >= 0.6 is 0 Å². The molecule has 0 atom stereocenters. The summed E-state index contributed by atoms with van der Waals surface area (Å²) in [5.41, 5.74) is 3.58. The first kappa shape index (κ1) is 26.8. The van der Waals surface area contributed by atoms with Gasteiger partial charge in [-0.2, -0.15) is 15.8 Å². The van der Waals surface area contributed by atoms with Crippen molar-refractivity contribution in [1.82, 2.24) is 19.9 Å². The normalized spacial score (nSPS) is 12.2. The van der Waals surface area contributed by atoms with Crippen LogP contribution in [0.15, 0.2) is 101 Å². The lowest BCUT2D eigenvalue weighted by atomic mass is 10.0. The summed E-state index contributed by atoms with van der Waals surface area (Å²) in [6.07, 6.45) is 3.46. The summed E-state index contributed by atoms with van der Waals surface area (Å²) >= 11 is 0. The maximum Gasteiger partial charge on any atom is 0.305 e. The second-order valence-electron chi connectivity index (χ2n) is 9.24. The van der Waals surface area contributed by atoms with Crippen LogP contribution in [0.4, 0.5) is 0 Å². The van der Waals surface area contributed by atoms with Gasteiger partial charge in [-0.3, -0.25) is 4.98 Å². The number of nitriles is 4. The standard InChI is InChI=1S/C33H13N11/c1-38-28(17-37)33-40-27-9-8-25(26(16-36)29(27)41-33)32-43-30(22-6-4-21(5-7-22)23-3-2-10-39-18-23)42-31(44-32)24-12-19(14-34)11-20(13-24)15-35/h2-13,18H/b33-28+. The van der Waals surface area contributed by atoms with Crippen LogP contribution in [0.5, 0.6) is 0 Å². The monoisotopic (exact) mass is 563 g/mol. The Hall–Kier alpha value is -7.39. The highest BCUT2D eigenvalue weighted by Gasteiger charge is 2.20. The molecule has 0 bridgehead atoms. The van der Waals surface area contributed by atoms with E-state index >= 15 is 0 Å². The van der Waals surface area contributed by atoms with Crippen molar-refractivity contribution >= 4 is 0 Å². The summed E-state index contributed by atoms with van der Waals surface area (Å²) in [7, 11) is 0.